The third kappa shape index (κ3) is 5.18. The molecule has 0 saturated carbocycles. The van der Waals surface area contributed by atoms with Gasteiger partial charge in [0.1, 0.15) is 0 Å². The molecule has 14 rings (SSSR count). The van der Waals surface area contributed by atoms with E-state index in [0.29, 0.717) is 0 Å². The summed E-state index contributed by atoms with van der Waals surface area (Å²) in [7, 11) is 0. The molecule has 4 nitrogen and oxygen atoms in total. The molecule has 12 aromatic rings. The number of hydrogen-bond acceptors (Lipinski definition) is 4. The van der Waals surface area contributed by atoms with Gasteiger partial charge in [0.15, 0.2) is 0 Å². The van der Waals surface area contributed by atoms with Crippen LogP contribution in [0.15, 0.2) is 231 Å². The van der Waals surface area contributed by atoms with Crippen molar-refractivity contribution in [1.29, 1.82) is 0 Å². The summed E-state index contributed by atoms with van der Waals surface area (Å²) in [6.07, 6.45) is 0. The molecular formula is C62H38N4. The van der Waals surface area contributed by atoms with Crippen molar-refractivity contribution in [2.24, 2.45) is 0 Å². The third-order valence-electron chi connectivity index (χ3n) is 14.0. The highest BCUT2D eigenvalue weighted by molar-refractivity contribution is 6.20. The molecule has 3 aromatic heterocycles. The molecule has 1 aliphatic carbocycles. The number of para-hydroxylation sites is 4. The molecule has 0 saturated heterocycles. The maximum atomic E-state index is 5.51. The highest BCUT2D eigenvalue weighted by atomic mass is 15.2. The zero-order valence-electron chi connectivity index (χ0n) is 35.7. The largest absolute Gasteiger partial charge is 0.310 e. The second kappa shape index (κ2) is 14.1. The average Bonchev–Trinajstić information content (AvgIpc) is 3.69. The van der Waals surface area contributed by atoms with Crippen LogP contribution in [-0.2, 0) is 5.41 Å². The van der Waals surface area contributed by atoms with Gasteiger partial charge in [-0.25, -0.2) is 15.0 Å². The van der Waals surface area contributed by atoms with Gasteiger partial charge in [-0.05, 0) is 81.9 Å². The molecule has 66 heavy (non-hydrogen) atoms. The molecule has 0 fully saturated rings. The van der Waals surface area contributed by atoms with Gasteiger partial charge in [-0.15, -0.1) is 0 Å². The Balaban J connectivity index is 1.09. The normalized spacial score (nSPS) is 13.2. The first-order valence-electron chi connectivity index (χ1n) is 22.6. The summed E-state index contributed by atoms with van der Waals surface area (Å²) >= 11 is 0. The first-order chi connectivity index (χ1) is 32.7. The number of nitrogens with zero attached hydrogens (tertiary/aromatic N) is 4. The molecule has 0 amide bonds. The number of fused-ring (bicyclic) bond motifs is 16. The lowest BCUT2D eigenvalue weighted by Gasteiger charge is -2.45. The lowest BCUT2D eigenvalue weighted by molar-refractivity contribution is 0.753. The molecule has 1 spiro atoms. The molecule has 4 heterocycles. The highest BCUT2D eigenvalue weighted by Gasteiger charge is 2.52. The molecule has 0 bridgehead atoms. The second-order valence-electron chi connectivity index (χ2n) is 17.4. The number of pyridine rings is 3. The molecule has 1 aliphatic heterocycles. The Hall–Kier alpha value is -8.73. The molecule has 0 unspecified atom stereocenters. The van der Waals surface area contributed by atoms with E-state index in [1.807, 2.05) is 6.07 Å². The summed E-state index contributed by atoms with van der Waals surface area (Å²) < 4.78 is 0. The predicted octanol–water partition coefficient (Wildman–Crippen LogP) is 15.6. The van der Waals surface area contributed by atoms with Crippen molar-refractivity contribution >= 4 is 60.5 Å². The average molecular weight is 839 g/mol. The van der Waals surface area contributed by atoms with Crippen LogP contribution in [0.5, 0.6) is 0 Å². The van der Waals surface area contributed by atoms with Gasteiger partial charge >= 0.3 is 0 Å². The van der Waals surface area contributed by atoms with Gasteiger partial charge in [0.2, 0.25) is 0 Å². The zero-order valence-corrected chi connectivity index (χ0v) is 35.7. The SMILES string of the molecule is c1ccc(-c2ccc3ccc4ccc(-c5ccc6c(c5)C5(c7ccccc7N(c7ccccc7)c7ccccc75)c5ccc7c(-c8ccccc8)nc8ccccc8c7c5-6)nc4c3n2)cc1. The Kier molecular flexibility index (Phi) is 7.87. The summed E-state index contributed by atoms with van der Waals surface area (Å²) in [6.45, 7) is 0. The van der Waals surface area contributed by atoms with Crippen molar-refractivity contribution in [3.63, 3.8) is 0 Å². The van der Waals surface area contributed by atoms with Gasteiger partial charge in [-0.1, -0.05) is 182 Å². The van der Waals surface area contributed by atoms with Crippen LogP contribution in [0.4, 0.5) is 17.1 Å². The Bertz CT molecular complexity index is 3890. The van der Waals surface area contributed by atoms with E-state index in [0.717, 1.165) is 88.9 Å². The molecule has 2 aliphatic rings. The maximum Gasteiger partial charge on any atom is 0.0972 e. The smallest absolute Gasteiger partial charge is 0.0972 e. The molecular weight excluding hydrogens is 801 g/mol. The number of anilines is 3. The minimum atomic E-state index is -0.680. The van der Waals surface area contributed by atoms with Gasteiger partial charge in [0.05, 0.1) is 50.4 Å². The monoisotopic (exact) mass is 838 g/mol. The maximum absolute atomic E-state index is 5.51. The van der Waals surface area contributed by atoms with E-state index in [-0.39, 0.29) is 0 Å². The van der Waals surface area contributed by atoms with Crippen LogP contribution in [0.2, 0.25) is 0 Å². The predicted molar refractivity (Wildman–Crippen MR) is 272 cm³/mol. The van der Waals surface area contributed by atoms with Gasteiger partial charge in [0, 0.05) is 49.3 Å². The van der Waals surface area contributed by atoms with Gasteiger partial charge in [0.25, 0.3) is 0 Å². The quantitative estimate of drug-likeness (QED) is 0.166. The van der Waals surface area contributed by atoms with Gasteiger partial charge in [-0.3, -0.25) is 0 Å². The molecule has 306 valence electrons. The van der Waals surface area contributed by atoms with Crippen LogP contribution < -0.4 is 4.90 Å². The van der Waals surface area contributed by atoms with Gasteiger partial charge < -0.3 is 4.90 Å². The number of hydrogen-bond donors (Lipinski definition) is 0. The zero-order chi connectivity index (χ0) is 43.3. The van der Waals surface area contributed by atoms with Crippen molar-refractivity contribution in [2.75, 3.05) is 4.90 Å². The van der Waals surface area contributed by atoms with Crippen molar-refractivity contribution in [3.8, 4) is 44.9 Å². The lowest BCUT2D eigenvalue weighted by atomic mass is 9.64. The molecule has 4 heteroatoms. The van der Waals surface area contributed by atoms with Crippen molar-refractivity contribution in [3.05, 3.63) is 253 Å². The Morgan fingerprint density at radius 3 is 1.61 bits per heavy atom. The van der Waals surface area contributed by atoms with Crippen LogP contribution in [0.1, 0.15) is 22.3 Å². The van der Waals surface area contributed by atoms with Crippen LogP contribution >= 0.6 is 0 Å². The molecule has 0 N–H and O–H groups in total. The van der Waals surface area contributed by atoms with Crippen LogP contribution in [0.25, 0.3) is 88.4 Å². The highest BCUT2D eigenvalue weighted by Crippen LogP contribution is 2.65. The van der Waals surface area contributed by atoms with E-state index >= 15 is 0 Å². The Labute approximate surface area is 381 Å². The number of benzene rings is 9. The van der Waals surface area contributed by atoms with Crippen LogP contribution in [-0.4, -0.2) is 15.0 Å². The summed E-state index contributed by atoms with van der Waals surface area (Å²) in [4.78, 5) is 18.6. The summed E-state index contributed by atoms with van der Waals surface area (Å²) in [5, 5.41) is 5.63. The fraction of sp³-hybridized carbons (Fsp3) is 0.0161. The van der Waals surface area contributed by atoms with Gasteiger partial charge in [-0.2, -0.15) is 0 Å². The fourth-order valence-corrected chi connectivity index (χ4v) is 11.2. The minimum Gasteiger partial charge on any atom is -0.310 e. The first-order valence-corrected chi connectivity index (χ1v) is 22.6. The van der Waals surface area contributed by atoms with Crippen molar-refractivity contribution in [1.82, 2.24) is 15.0 Å². The van der Waals surface area contributed by atoms with Crippen LogP contribution in [0, 0.1) is 0 Å². The van der Waals surface area contributed by atoms with E-state index in [1.54, 1.807) is 0 Å². The minimum absolute atomic E-state index is 0.680. The molecule has 0 atom stereocenters. The van der Waals surface area contributed by atoms with E-state index < -0.39 is 5.41 Å². The number of rotatable bonds is 4. The fourth-order valence-electron chi connectivity index (χ4n) is 11.2. The topological polar surface area (TPSA) is 41.9 Å². The third-order valence-corrected chi connectivity index (χ3v) is 14.0. The first kappa shape index (κ1) is 36.7. The Morgan fingerprint density at radius 1 is 0.364 bits per heavy atom. The lowest BCUT2D eigenvalue weighted by Crippen LogP contribution is -2.36. The van der Waals surface area contributed by atoms with Crippen molar-refractivity contribution < 1.29 is 0 Å². The van der Waals surface area contributed by atoms with E-state index in [2.05, 4.69) is 229 Å². The van der Waals surface area contributed by atoms with E-state index in [4.69, 9.17) is 15.0 Å². The summed E-state index contributed by atoms with van der Waals surface area (Å²) in [6, 6.07) is 83.3. The standard InChI is InChI=1S/C62H38N4/c1-4-16-39(17-5-1)52-36-31-41-28-29-42-32-37-53(64-61(42)60(41)63-52)43-30-33-45-51(38-43)62(48-23-11-14-26-55(48)66(44-20-8-3-9-21-44)56-27-15-12-24-49(56)62)50-35-34-47-57(58(45)50)46-22-10-13-25-54(46)65-59(47)40-18-6-2-7-19-40/h1-38H. The molecule has 9 aromatic carbocycles. The second-order valence-corrected chi connectivity index (χ2v) is 17.4. The summed E-state index contributed by atoms with van der Waals surface area (Å²) in [5.41, 5.74) is 19.0. The van der Waals surface area contributed by atoms with Crippen LogP contribution in [0.3, 0.4) is 0 Å². The van der Waals surface area contributed by atoms with E-state index in [9.17, 15) is 0 Å². The van der Waals surface area contributed by atoms with E-state index in [1.165, 1.54) is 38.8 Å². The Morgan fingerprint density at radius 2 is 0.924 bits per heavy atom. The van der Waals surface area contributed by atoms with Crippen molar-refractivity contribution in [2.45, 2.75) is 5.41 Å². The molecule has 0 radical (unpaired) electrons. The summed E-state index contributed by atoms with van der Waals surface area (Å²) in [5.74, 6) is 0. The number of aromatic nitrogens is 3.